The van der Waals surface area contributed by atoms with Crippen molar-refractivity contribution in [3.05, 3.63) is 39.1 Å². The monoisotopic (exact) mass is 373 g/mol. The maximum atomic E-state index is 12.8. The van der Waals surface area contributed by atoms with Crippen LogP contribution >= 0.6 is 22.7 Å². The Labute approximate surface area is 155 Å². The number of likely N-dealkylation sites (tertiary alicyclic amines) is 1. The molecule has 0 bridgehead atoms. The molecule has 132 valence electrons. The number of nitrogens with one attached hydrogen (secondary N) is 1. The van der Waals surface area contributed by atoms with Gasteiger partial charge in [-0.05, 0) is 36.6 Å². The molecule has 0 aliphatic carbocycles. The highest BCUT2D eigenvalue weighted by Crippen LogP contribution is 2.34. The second-order valence-corrected chi connectivity index (χ2v) is 9.14. The van der Waals surface area contributed by atoms with Crippen LogP contribution < -0.4 is 5.56 Å². The van der Waals surface area contributed by atoms with Crippen molar-refractivity contribution in [3.63, 3.8) is 0 Å². The molecule has 3 atom stereocenters. The summed E-state index contributed by atoms with van der Waals surface area (Å²) in [5, 5.41) is 4.82. The number of aromatic nitrogens is 2. The Hall–Kier alpha value is -1.50. The SMILES string of the molecule is C[C@@H]1C[C@@H](C)CN([C@@H](C)c2nc3scc(-c4cccs4)c3c(=O)[nH]2)C1. The Morgan fingerprint density at radius 1 is 1.28 bits per heavy atom. The van der Waals surface area contributed by atoms with Crippen molar-refractivity contribution in [3.8, 4) is 10.4 Å². The first-order valence-electron chi connectivity index (χ1n) is 8.82. The highest BCUT2D eigenvalue weighted by molar-refractivity contribution is 7.18. The van der Waals surface area contributed by atoms with Gasteiger partial charge in [-0.3, -0.25) is 9.69 Å². The summed E-state index contributed by atoms with van der Waals surface area (Å²) in [5.74, 6) is 2.17. The van der Waals surface area contributed by atoms with Crippen LogP contribution in [0.15, 0.2) is 27.7 Å². The first-order valence-corrected chi connectivity index (χ1v) is 10.6. The number of hydrogen-bond acceptors (Lipinski definition) is 5. The van der Waals surface area contributed by atoms with Gasteiger partial charge in [0.1, 0.15) is 10.7 Å². The third kappa shape index (κ3) is 3.18. The molecule has 4 heterocycles. The number of thiophene rings is 2. The van der Waals surface area contributed by atoms with E-state index in [9.17, 15) is 4.79 Å². The molecular formula is C19H23N3OS2. The molecule has 4 rings (SSSR count). The third-order valence-electron chi connectivity index (χ3n) is 5.09. The number of piperidine rings is 1. The van der Waals surface area contributed by atoms with Gasteiger partial charge in [0, 0.05) is 28.9 Å². The van der Waals surface area contributed by atoms with E-state index in [1.165, 1.54) is 6.42 Å². The molecule has 4 nitrogen and oxygen atoms in total. The molecule has 3 aromatic rings. The molecule has 25 heavy (non-hydrogen) atoms. The van der Waals surface area contributed by atoms with Crippen molar-refractivity contribution in [2.45, 2.75) is 33.2 Å². The fourth-order valence-electron chi connectivity index (χ4n) is 3.98. The van der Waals surface area contributed by atoms with Gasteiger partial charge in [0.05, 0.1) is 11.4 Å². The van der Waals surface area contributed by atoms with Gasteiger partial charge in [0.2, 0.25) is 0 Å². The fourth-order valence-corrected chi connectivity index (χ4v) is 5.75. The summed E-state index contributed by atoms with van der Waals surface area (Å²) in [6, 6.07) is 4.20. The average Bonchev–Trinajstić information content (AvgIpc) is 3.22. The van der Waals surface area contributed by atoms with E-state index in [0.29, 0.717) is 11.8 Å². The molecule has 1 aliphatic rings. The van der Waals surface area contributed by atoms with Crippen LogP contribution in [-0.4, -0.2) is 28.0 Å². The van der Waals surface area contributed by atoms with E-state index in [4.69, 9.17) is 4.98 Å². The molecule has 0 unspecified atom stereocenters. The quantitative estimate of drug-likeness (QED) is 0.720. The van der Waals surface area contributed by atoms with Crippen LogP contribution in [0, 0.1) is 11.8 Å². The van der Waals surface area contributed by atoms with Crippen molar-refractivity contribution in [1.82, 2.24) is 14.9 Å². The highest BCUT2D eigenvalue weighted by atomic mass is 32.1. The number of hydrogen-bond donors (Lipinski definition) is 1. The van der Waals surface area contributed by atoms with E-state index in [-0.39, 0.29) is 11.6 Å². The van der Waals surface area contributed by atoms with Gasteiger partial charge >= 0.3 is 0 Å². The van der Waals surface area contributed by atoms with E-state index >= 15 is 0 Å². The lowest BCUT2D eigenvalue weighted by Gasteiger charge is -2.38. The van der Waals surface area contributed by atoms with E-state index in [1.807, 2.05) is 11.4 Å². The van der Waals surface area contributed by atoms with Crippen molar-refractivity contribution in [2.24, 2.45) is 11.8 Å². The number of nitrogens with zero attached hydrogens (tertiary/aromatic N) is 2. The Bertz CT molecular complexity index is 918. The van der Waals surface area contributed by atoms with Crippen molar-refractivity contribution >= 4 is 32.9 Å². The molecule has 1 saturated heterocycles. The lowest BCUT2D eigenvalue weighted by atomic mass is 9.91. The van der Waals surface area contributed by atoms with Crippen molar-refractivity contribution in [1.29, 1.82) is 0 Å². The topological polar surface area (TPSA) is 49.0 Å². The number of rotatable bonds is 3. The van der Waals surface area contributed by atoms with Crippen molar-refractivity contribution < 1.29 is 0 Å². The van der Waals surface area contributed by atoms with Crippen LogP contribution in [0.3, 0.4) is 0 Å². The summed E-state index contributed by atoms with van der Waals surface area (Å²) in [5.41, 5.74) is 0.984. The average molecular weight is 374 g/mol. The van der Waals surface area contributed by atoms with E-state index in [2.05, 4.69) is 42.1 Å². The largest absolute Gasteiger partial charge is 0.309 e. The van der Waals surface area contributed by atoms with Gasteiger partial charge in [-0.2, -0.15) is 0 Å². The van der Waals surface area contributed by atoms with Crippen LogP contribution in [0.1, 0.15) is 39.1 Å². The van der Waals surface area contributed by atoms with Crippen LogP contribution in [-0.2, 0) is 0 Å². The Kier molecular flexibility index (Phi) is 4.52. The Balaban J connectivity index is 1.71. The molecule has 1 aliphatic heterocycles. The first kappa shape index (κ1) is 16.9. The minimum absolute atomic E-state index is 0.0189. The maximum Gasteiger partial charge on any atom is 0.260 e. The predicted octanol–water partition coefficient (Wildman–Crippen LogP) is 4.75. The molecule has 0 radical (unpaired) electrons. The molecule has 0 spiro atoms. The van der Waals surface area contributed by atoms with Crippen LogP contribution in [0.25, 0.3) is 20.7 Å². The van der Waals surface area contributed by atoms with E-state index < -0.39 is 0 Å². The number of H-pyrrole nitrogens is 1. The minimum atomic E-state index is -0.0189. The smallest absolute Gasteiger partial charge is 0.260 e. The summed E-state index contributed by atoms with van der Waals surface area (Å²) >= 11 is 3.22. The number of aromatic amines is 1. The summed E-state index contributed by atoms with van der Waals surface area (Å²) < 4.78 is 0. The van der Waals surface area contributed by atoms with Gasteiger partial charge < -0.3 is 4.98 Å². The zero-order valence-corrected chi connectivity index (χ0v) is 16.4. The van der Waals surface area contributed by atoms with E-state index in [1.54, 1.807) is 22.7 Å². The van der Waals surface area contributed by atoms with Crippen LogP contribution in [0.2, 0.25) is 0 Å². The maximum absolute atomic E-state index is 12.8. The minimum Gasteiger partial charge on any atom is -0.309 e. The van der Waals surface area contributed by atoms with Crippen LogP contribution in [0.4, 0.5) is 0 Å². The molecule has 6 heteroatoms. The van der Waals surface area contributed by atoms with Gasteiger partial charge in [-0.25, -0.2) is 4.98 Å². The second kappa shape index (κ2) is 6.67. The molecule has 1 fully saturated rings. The van der Waals surface area contributed by atoms with Gasteiger partial charge in [0.25, 0.3) is 5.56 Å². The zero-order chi connectivity index (χ0) is 17.6. The summed E-state index contributed by atoms with van der Waals surface area (Å²) in [6.45, 7) is 8.90. The highest BCUT2D eigenvalue weighted by Gasteiger charge is 2.27. The normalized spacial score (nSPS) is 23.2. The predicted molar refractivity (Wildman–Crippen MR) is 106 cm³/mol. The van der Waals surface area contributed by atoms with Gasteiger partial charge in [-0.15, -0.1) is 22.7 Å². The van der Waals surface area contributed by atoms with Crippen molar-refractivity contribution in [2.75, 3.05) is 13.1 Å². The van der Waals surface area contributed by atoms with Gasteiger partial charge in [-0.1, -0.05) is 19.9 Å². The molecule has 0 saturated carbocycles. The zero-order valence-electron chi connectivity index (χ0n) is 14.8. The Morgan fingerprint density at radius 3 is 2.72 bits per heavy atom. The first-order chi connectivity index (χ1) is 12.0. The van der Waals surface area contributed by atoms with Crippen LogP contribution in [0.5, 0.6) is 0 Å². The molecule has 0 amide bonds. The van der Waals surface area contributed by atoms with E-state index in [0.717, 1.165) is 39.6 Å². The summed E-state index contributed by atoms with van der Waals surface area (Å²) in [6.07, 6.45) is 1.28. The fraction of sp³-hybridized carbons (Fsp3) is 0.474. The number of fused-ring (bicyclic) bond motifs is 1. The lowest BCUT2D eigenvalue weighted by molar-refractivity contribution is 0.0992. The molecule has 1 N–H and O–H groups in total. The second-order valence-electron chi connectivity index (χ2n) is 7.33. The summed E-state index contributed by atoms with van der Waals surface area (Å²) in [4.78, 5) is 25.1. The third-order valence-corrected chi connectivity index (χ3v) is 6.86. The Morgan fingerprint density at radius 2 is 2.04 bits per heavy atom. The summed E-state index contributed by atoms with van der Waals surface area (Å²) in [7, 11) is 0. The standard InChI is InChI=1S/C19H23N3OS2/c1-11-7-12(2)9-22(8-11)13(3)17-20-18(23)16-14(10-25-19(16)21-17)15-5-4-6-24-15/h4-6,10-13H,7-9H2,1-3H3,(H,20,21,23)/t11-,12-,13+/m1/s1. The van der Waals surface area contributed by atoms with Gasteiger partial charge in [0.15, 0.2) is 0 Å². The lowest BCUT2D eigenvalue weighted by Crippen LogP contribution is -2.41. The molecule has 0 aromatic carbocycles. The molecular weight excluding hydrogens is 350 g/mol. The molecule has 3 aromatic heterocycles.